The monoisotopic (exact) mass is 568 g/mol. The molecule has 9 nitrogen and oxygen atoms in total. The number of aromatic nitrogens is 4. The third-order valence-corrected chi connectivity index (χ3v) is 7.54. The third-order valence-electron chi connectivity index (χ3n) is 7.54. The summed E-state index contributed by atoms with van der Waals surface area (Å²) in [5, 5.41) is 7.43. The molecule has 0 aliphatic heterocycles. The first-order valence-corrected chi connectivity index (χ1v) is 13.2. The number of nitrogens with one attached hydrogen (secondary N) is 1. The molecule has 1 aliphatic rings. The molecule has 212 valence electrons. The van der Waals surface area contributed by atoms with Gasteiger partial charge in [0.1, 0.15) is 22.6 Å². The fraction of sp³-hybridized carbons (Fsp3) is 0.194. The molecule has 6 rings (SSSR count). The fourth-order valence-corrected chi connectivity index (χ4v) is 5.15. The van der Waals surface area contributed by atoms with Crippen LogP contribution in [0.25, 0.3) is 16.8 Å². The van der Waals surface area contributed by atoms with Crippen LogP contribution in [0.15, 0.2) is 67.0 Å². The van der Waals surface area contributed by atoms with E-state index in [1.54, 1.807) is 19.2 Å². The van der Waals surface area contributed by atoms with Gasteiger partial charge in [0.15, 0.2) is 5.82 Å². The predicted octanol–water partition coefficient (Wildman–Crippen LogP) is 4.50. The second-order valence-electron chi connectivity index (χ2n) is 10.3. The summed E-state index contributed by atoms with van der Waals surface area (Å²) >= 11 is 0. The van der Waals surface area contributed by atoms with E-state index in [2.05, 4.69) is 20.4 Å². The normalized spacial score (nSPS) is 13.6. The van der Waals surface area contributed by atoms with Crippen molar-refractivity contribution in [3.8, 4) is 17.1 Å². The van der Waals surface area contributed by atoms with E-state index in [9.17, 15) is 14.0 Å². The predicted molar refractivity (Wildman–Crippen MR) is 150 cm³/mol. The Kier molecular flexibility index (Phi) is 6.64. The zero-order valence-corrected chi connectivity index (χ0v) is 22.8. The van der Waals surface area contributed by atoms with E-state index in [1.807, 2.05) is 18.2 Å². The van der Waals surface area contributed by atoms with E-state index in [-0.39, 0.29) is 46.1 Å². The van der Waals surface area contributed by atoms with E-state index in [0.717, 1.165) is 18.5 Å². The van der Waals surface area contributed by atoms with Gasteiger partial charge in [-0.2, -0.15) is 5.10 Å². The maximum Gasteiger partial charge on any atom is 0.257 e. The van der Waals surface area contributed by atoms with Gasteiger partial charge in [-0.05, 0) is 79.4 Å². The Labute approximate surface area is 239 Å². The topological polar surface area (TPSA) is 124 Å². The second kappa shape index (κ2) is 10.3. The highest BCUT2D eigenvalue weighted by atomic mass is 19.1. The zero-order valence-electron chi connectivity index (χ0n) is 22.8. The van der Waals surface area contributed by atoms with Gasteiger partial charge < -0.3 is 15.8 Å². The second-order valence-corrected chi connectivity index (χ2v) is 10.3. The summed E-state index contributed by atoms with van der Waals surface area (Å²) in [7, 11) is 1.43. The van der Waals surface area contributed by atoms with Gasteiger partial charge in [-0.1, -0.05) is 6.07 Å². The number of hydrogen-bond acceptors (Lipinski definition) is 6. The summed E-state index contributed by atoms with van der Waals surface area (Å²) in [5.41, 5.74) is 7.82. The SMILES string of the molecule is COc1nc(C)c(Cc2ccn3nc(-c4ccc(F)cc4)c(C(N)=O)c3c2F)cc1C(=O)NC1(c2ccccn2)CC1. The number of nitrogens with two attached hydrogens (primary N) is 1. The van der Waals surface area contributed by atoms with Crippen molar-refractivity contribution in [3.05, 3.63) is 112 Å². The first kappa shape index (κ1) is 27.0. The van der Waals surface area contributed by atoms with Gasteiger partial charge in [0.2, 0.25) is 5.88 Å². The molecule has 1 saturated carbocycles. The number of aryl methyl sites for hydroxylation is 1. The highest BCUT2D eigenvalue weighted by molar-refractivity contribution is 6.05. The molecule has 11 heteroatoms. The molecule has 4 aromatic heterocycles. The number of ether oxygens (including phenoxy) is 1. The number of rotatable bonds is 8. The minimum atomic E-state index is -0.872. The number of hydrogen-bond donors (Lipinski definition) is 2. The maximum absolute atomic E-state index is 16.1. The Bertz CT molecular complexity index is 1850. The van der Waals surface area contributed by atoms with Gasteiger partial charge in [-0.25, -0.2) is 18.3 Å². The quantitative estimate of drug-likeness (QED) is 0.284. The van der Waals surface area contributed by atoms with Crippen molar-refractivity contribution < 1.29 is 23.1 Å². The Morgan fingerprint density at radius 1 is 1.10 bits per heavy atom. The van der Waals surface area contributed by atoms with Crippen LogP contribution in [-0.2, 0) is 12.0 Å². The zero-order chi connectivity index (χ0) is 29.6. The van der Waals surface area contributed by atoms with Gasteiger partial charge in [-0.15, -0.1) is 0 Å². The first-order valence-electron chi connectivity index (χ1n) is 13.2. The van der Waals surface area contributed by atoms with Crippen molar-refractivity contribution in [1.29, 1.82) is 0 Å². The highest BCUT2D eigenvalue weighted by Crippen LogP contribution is 2.45. The van der Waals surface area contributed by atoms with Crippen LogP contribution in [0, 0.1) is 18.6 Å². The number of carbonyl (C=O) groups excluding carboxylic acids is 2. The van der Waals surface area contributed by atoms with Crippen molar-refractivity contribution in [3.63, 3.8) is 0 Å². The number of fused-ring (bicyclic) bond motifs is 1. The third kappa shape index (κ3) is 4.72. The van der Waals surface area contributed by atoms with E-state index < -0.39 is 23.1 Å². The molecule has 0 radical (unpaired) electrons. The summed E-state index contributed by atoms with van der Waals surface area (Å²) in [6, 6.07) is 14.1. The van der Waals surface area contributed by atoms with Gasteiger partial charge >= 0.3 is 0 Å². The number of primary amides is 1. The van der Waals surface area contributed by atoms with Gasteiger partial charge in [0.05, 0.1) is 23.9 Å². The van der Waals surface area contributed by atoms with E-state index in [4.69, 9.17) is 10.5 Å². The molecule has 5 aromatic rings. The van der Waals surface area contributed by atoms with Crippen molar-refractivity contribution in [2.24, 2.45) is 5.73 Å². The van der Waals surface area contributed by atoms with Crippen LogP contribution in [0.3, 0.4) is 0 Å². The lowest BCUT2D eigenvalue weighted by atomic mass is 10.00. The Hall–Kier alpha value is -5.19. The molecule has 1 aromatic carbocycles. The summed E-state index contributed by atoms with van der Waals surface area (Å²) in [6.07, 6.45) is 4.78. The van der Waals surface area contributed by atoms with Crippen LogP contribution in [-0.4, -0.2) is 38.5 Å². The molecule has 2 amide bonds. The molecule has 3 N–H and O–H groups in total. The molecule has 42 heavy (non-hydrogen) atoms. The molecule has 0 spiro atoms. The minimum Gasteiger partial charge on any atom is -0.480 e. The lowest BCUT2D eigenvalue weighted by molar-refractivity contribution is 0.0924. The molecule has 0 unspecified atom stereocenters. The average molecular weight is 569 g/mol. The number of benzene rings is 1. The van der Waals surface area contributed by atoms with Crippen molar-refractivity contribution >= 4 is 17.3 Å². The molecular weight excluding hydrogens is 542 g/mol. The van der Waals surface area contributed by atoms with E-state index in [0.29, 0.717) is 16.8 Å². The van der Waals surface area contributed by atoms with E-state index >= 15 is 4.39 Å². The first-order chi connectivity index (χ1) is 20.2. The van der Waals surface area contributed by atoms with Gasteiger partial charge in [-0.3, -0.25) is 14.6 Å². The molecular formula is C31H26F2N6O3. The Balaban J connectivity index is 1.37. The van der Waals surface area contributed by atoms with Crippen LogP contribution >= 0.6 is 0 Å². The number of halogens is 2. The van der Waals surface area contributed by atoms with Crippen molar-refractivity contribution in [1.82, 2.24) is 24.9 Å². The summed E-state index contributed by atoms with van der Waals surface area (Å²) in [5.74, 6) is -2.26. The molecule has 4 heterocycles. The van der Waals surface area contributed by atoms with Crippen molar-refractivity contribution in [2.45, 2.75) is 31.7 Å². The molecule has 0 bridgehead atoms. The smallest absolute Gasteiger partial charge is 0.257 e. The Morgan fingerprint density at radius 3 is 2.50 bits per heavy atom. The summed E-state index contributed by atoms with van der Waals surface area (Å²) in [4.78, 5) is 34.8. The summed E-state index contributed by atoms with van der Waals surface area (Å²) in [6.45, 7) is 1.74. The molecule has 0 atom stereocenters. The lowest BCUT2D eigenvalue weighted by Gasteiger charge is -2.19. The van der Waals surface area contributed by atoms with Gasteiger partial charge in [0.25, 0.3) is 11.8 Å². The van der Waals surface area contributed by atoms with Crippen LogP contribution in [0.4, 0.5) is 8.78 Å². The number of pyridine rings is 3. The molecule has 1 aliphatic carbocycles. The highest BCUT2D eigenvalue weighted by Gasteiger charge is 2.47. The fourth-order valence-electron chi connectivity index (χ4n) is 5.15. The van der Waals surface area contributed by atoms with Crippen LogP contribution < -0.4 is 15.8 Å². The van der Waals surface area contributed by atoms with E-state index in [1.165, 1.54) is 48.2 Å². The van der Waals surface area contributed by atoms with Crippen LogP contribution in [0.5, 0.6) is 5.88 Å². The Morgan fingerprint density at radius 2 is 1.86 bits per heavy atom. The van der Waals surface area contributed by atoms with Crippen molar-refractivity contribution in [2.75, 3.05) is 7.11 Å². The standard InChI is InChI=1S/C31H26F2N6O3/c1-17-20(16-22(30(36-17)42-2)29(41)37-31(11-12-31)23-5-3-4-13-35-23)15-19-10-14-39-27(25(19)33)24(28(34)40)26(38-39)18-6-8-21(32)9-7-18/h3-10,13-14,16H,11-12,15H2,1-2H3,(H2,34,40)(H,37,41). The largest absolute Gasteiger partial charge is 0.480 e. The summed E-state index contributed by atoms with van der Waals surface area (Å²) < 4.78 is 36.2. The maximum atomic E-state index is 16.1. The van der Waals surface area contributed by atoms with Crippen LogP contribution in [0.1, 0.15) is 56.1 Å². The number of amides is 2. The van der Waals surface area contributed by atoms with Crippen LogP contribution in [0.2, 0.25) is 0 Å². The molecule has 1 fully saturated rings. The number of nitrogens with zero attached hydrogens (tertiary/aromatic N) is 4. The molecule has 0 saturated heterocycles. The minimum absolute atomic E-state index is 0.0616. The lowest BCUT2D eigenvalue weighted by Crippen LogP contribution is -2.35. The average Bonchev–Trinajstić information content (AvgIpc) is 3.66. The van der Waals surface area contributed by atoms with Gasteiger partial charge in [0, 0.05) is 30.1 Å². The number of carbonyl (C=O) groups is 2. The number of methoxy groups -OCH3 is 1.